The lowest BCUT2D eigenvalue weighted by molar-refractivity contribution is -0.154. The highest BCUT2D eigenvalue weighted by Gasteiger charge is 2.55. The van der Waals surface area contributed by atoms with Gasteiger partial charge >= 0.3 is 5.97 Å². The molecule has 0 aliphatic carbocycles. The van der Waals surface area contributed by atoms with E-state index in [4.69, 9.17) is 4.74 Å². The fourth-order valence-corrected chi connectivity index (χ4v) is 8.36. The second-order valence-corrected chi connectivity index (χ2v) is 15.2. The molecule has 1 aromatic heterocycles. The number of cyclic esters (lactones) is 1. The van der Waals surface area contributed by atoms with Crippen molar-refractivity contribution in [2.45, 2.75) is 117 Å². The van der Waals surface area contributed by atoms with E-state index in [1.165, 1.54) is 11.3 Å². The molecule has 0 bridgehead atoms. The zero-order chi connectivity index (χ0) is 30.0. The summed E-state index contributed by atoms with van der Waals surface area (Å²) in [5.41, 5.74) is 0.189. The summed E-state index contributed by atoms with van der Waals surface area (Å²) in [5, 5.41) is 24.7. The number of aliphatic hydroxyl groups excluding tert-OH is 2. The zero-order valence-electron chi connectivity index (χ0n) is 24.8. The number of nitrogens with zero attached hydrogens (tertiary/aromatic N) is 2. The molecule has 0 amide bonds. The van der Waals surface area contributed by atoms with E-state index in [2.05, 4.69) is 4.98 Å². The highest BCUT2D eigenvalue weighted by Crippen LogP contribution is 2.42. The number of aromatic nitrogens is 1. The maximum absolute atomic E-state index is 13.3. The number of sulfonamides is 1. The highest BCUT2D eigenvalue weighted by atomic mass is 32.2. The summed E-state index contributed by atoms with van der Waals surface area (Å²) in [7, 11) is -3.47. The molecular formula is C29H46N2O7S2. The van der Waals surface area contributed by atoms with E-state index in [9.17, 15) is 28.2 Å². The zero-order valence-corrected chi connectivity index (χ0v) is 26.4. The van der Waals surface area contributed by atoms with Crippen molar-refractivity contribution in [2.24, 2.45) is 17.3 Å². The molecule has 1 aromatic rings. The van der Waals surface area contributed by atoms with Crippen LogP contribution in [0.3, 0.4) is 0 Å². The number of Topliss-reactive ketones (excluding diaryl/α,β-unsaturated/α-hetero) is 1. The van der Waals surface area contributed by atoms with Gasteiger partial charge in [0.05, 0.1) is 40.5 Å². The first-order valence-corrected chi connectivity index (χ1v) is 16.8. The van der Waals surface area contributed by atoms with Gasteiger partial charge in [0.25, 0.3) is 0 Å². The first-order chi connectivity index (χ1) is 18.6. The summed E-state index contributed by atoms with van der Waals surface area (Å²) in [6.07, 6.45) is 1.22. The van der Waals surface area contributed by atoms with Crippen LogP contribution >= 0.6 is 11.3 Å². The third-order valence-electron chi connectivity index (χ3n) is 8.54. The fraction of sp³-hybridized carbons (Fsp3) is 0.759. The third-order valence-corrected chi connectivity index (χ3v) is 11.4. The van der Waals surface area contributed by atoms with E-state index in [0.717, 1.165) is 16.3 Å². The molecule has 2 saturated heterocycles. The molecule has 0 aromatic carbocycles. The molecule has 2 aliphatic heterocycles. The summed E-state index contributed by atoms with van der Waals surface area (Å²) < 4.78 is 33.7. The van der Waals surface area contributed by atoms with Gasteiger partial charge in [-0.1, -0.05) is 41.0 Å². The number of aryl methyl sites for hydroxylation is 1. The first-order valence-electron chi connectivity index (χ1n) is 14.3. The van der Waals surface area contributed by atoms with E-state index >= 15 is 0 Å². The number of ether oxygens (including phenoxy) is 1. The van der Waals surface area contributed by atoms with E-state index in [1.54, 1.807) is 25.1 Å². The third kappa shape index (κ3) is 7.59. The van der Waals surface area contributed by atoms with Crippen LogP contribution < -0.4 is 0 Å². The number of hydrogen-bond acceptors (Lipinski definition) is 9. The lowest BCUT2D eigenvalue weighted by Crippen LogP contribution is -2.45. The van der Waals surface area contributed by atoms with Crippen LogP contribution in [0.5, 0.6) is 0 Å². The van der Waals surface area contributed by atoms with Gasteiger partial charge < -0.3 is 14.9 Å². The van der Waals surface area contributed by atoms with Gasteiger partial charge in [0, 0.05) is 29.8 Å². The maximum atomic E-state index is 13.3. The molecule has 226 valence electrons. The number of carbonyl (C=O) groups is 2. The number of hydrogen-bond donors (Lipinski definition) is 2. The minimum atomic E-state index is -3.47. The van der Waals surface area contributed by atoms with Crippen LogP contribution in [0.25, 0.3) is 6.08 Å². The van der Waals surface area contributed by atoms with Crippen molar-refractivity contribution < 1.29 is 33.0 Å². The lowest BCUT2D eigenvalue weighted by atomic mass is 9.73. The first kappa shape index (κ1) is 32.8. The highest BCUT2D eigenvalue weighted by molar-refractivity contribution is 7.89. The molecule has 0 spiro atoms. The number of rotatable bonds is 5. The molecule has 1 unspecified atom stereocenters. The Kier molecular flexibility index (Phi) is 10.8. The molecule has 9 nitrogen and oxygen atoms in total. The molecular weight excluding hydrogens is 552 g/mol. The van der Waals surface area contributed by atoms with Crippen molar-refractivity contribution in [2.75, 3.05) is 5.75 Å². The molecule has 8 atom stereocenters. The molecule has 11 heteroatoms. The van der Waals surface area contributed by atoms with Crippen molar-refractivity contribution in [1.29, 1.82) is 0 Å². The topological polar surface area (TPSA) is 134 Å². The number of fused-ring (bicyclic) bond motifs is 1. The van der Waals surface area contributed by atoms with Crippen molar-refractivity contribution in [1.82, 2.24) is 9.29 Å². The van der Waals surface area contributed by atoms with Gasteiger partial charge in [-0.2, -0.15) is 4.31 Å². The van der Waals surface area contributed by atoms with E-state index in [1.807, 2.05) is 39.2 Å². The van der Waals surface area contributed by atoms with Crippen LogP contribution in [0.1, 0.15) is 90.8 Å². The summed E-state index contributed by atoms with van der Waals surface area (Å²) >= 11 is 1.51. The molecule has 2 fully saturated rings. The van der Waals surface area contributed by atoms with Gasteiger partial charge in [-0.15, -0.1) is 11.3 Å². The minimum Gasteiger partial charge on any atom is -0.458 e. The Bertz CT molecular complexity index is 1190. The average molecular weight is 599 g/mol. The largest absolute Gasteiger partial charge is 0.458 e. The van der Waals surface area contributed by atoms with Crippen LogP contribution in [0.15, 0.2) is 11.0 Å². The van der Waals surface area contributed by atoms with E-state index in [0.29, 0.717) is 32.1 Å². The van der Waals surface area contributed by atoms with Gasteiger partial charge in [0.2, 0.25) is 10.0 Å². The second-order valence-electron chi connectivity index (χ2n) is 12.2. The number of carbonyl (C=O) groups excluding carboxylic acids is 2. The Labute approximate surface area is 243 Å². The molecule has 0 radical (unpaired) electrons. The van der Waals surface area contributed by atoms with Crippen LogP contribution in [0.2, 0.25) is 0 Å². The molecule has 40 heavy (non-hydrogen) atoms. The number of esters is 1. The molecule has 3 heterocycles. The van der Waals surface area contributed by atoms with Gasteiger partial charge in [0.1, 0.15) is 11.9 Å². The number of thiazole rings is 1. The van der Waals surface area contributed by atoms with Crippen LogP contribution in [0.4, 0.5) is 0 Å². The van der Waals surface area contributed by atoms with Crippen LogP contribution in [0, 0.1) is 24.2 Å². The maximum Gasteiger partial charge on any atom is 0.309 e. The smallest absolute Gasteiger partial charge is 0.309 e. The van der Waals surface area contributed by atoms with E-state index in [-0.39, 0.29) is 29.5 Å². The summed E-state index contributed by atoms with van der Waals surface area (Å²) in [6, 6.07) is -0.530. The minimum absolute atomic E-state index is 0.0490. The van der Waals surface area contributed by atoms with Crippen molar-refractivity contribution in [3.8, 4) is 0 Å². The Morgan fingerprint density at radius 1 is 1.23 bits per heavy atom. The predicted molar refractivity (Wildman–Crippen MR) is 156 cm³/mol. The van der Waals surface area contributed by atoms with Gasteiger partial charge in [-0.05, 0) is 50.7 Å². The van der Waals surface area contributed by atoms with Crippen LogP contribution in [-0.2, 0) is 24.3 Å². The van der Waals surface area contributed by atoms with Gasteiger partial charge in [0.15, 0.2) is 0 Å². The fourth-order valence-electron chi connectivity index (χ4n) is 5.82. The molecule has 2 N–H and O–H groups in total. The summed E-state index contributed by atoms with van der Waals surface area (Å²) in [6.45, 7) is 12.3. The summed E-state index contributed by atoms with van der Waals surface area (Å²) in [5.74, 6) is -1.87. The molecule has 3 rings (SSSR count). The Hall–Kier alpha value is -1.66. The Morgan fingerprint density at radius 2 is 1.90 bits per heavy atom. The van der Waals surface area contributed by atoms with E-state index < -0.39 is 52.1 Å². The van der Waals surface area contributed by atoms with Crippen molar-refractivity contribution >= 4 is 39.2 Å². The second kappa shape index (κ2) is 13.1. The number of ketones is 1. The van der Waals surface area contributed by atoms with Gasteiger partial charge in [-0.25, -0.2) is 13.4 Å². The molecule has 2 aliphatic rings. The lowest BCUT2D eigenvalue weighted by Gasteiger charge is -2.34. The monoisotopic (exact) mass is 598 g/mol. The Morgan fingerprint density at radius 3 is 2.50 bits per heavy atom. The quantitative estimate of drug-likeness (QED) is 0.382. The van der Waals surface area contributed by atoms with Gasteiger partial charge in [-0.3, -0.25) is 9.59 Å². The van der Waals surface area contributed by atoms with Crippen molar-refractivity contribution in [3.05, 3.63) is 21.7 Å². The average Bonchev–Trinajstić information content (AvgIpc) is 3.41. The normalized spacial score (nSPS) is 34.7. The standard InChI is InChI=1S/C29H46N2O7S2/c1-8-12-40(36,37)31-22-11-9-10-17(2)27(34)19(4)28(35)29(6,7)25(32)15-26(33)38-24(14-23(22)31)18(3)13-21-16-39-20(5)30-21/h13,16-17,19,22-25,27,32,34H,8-12,14-15H2,1-7H3/t17-,19+,22+,23-,24-,25-,27-,31?/m0/s1. The van der Waals surface area contributed by atoms with Crippen molar-refractivity contribution in [3.63, 3.8) is 0 Å². The number of aliphatic hydroxyl groups is 2. The summed E-state index contributed by atoms with van der Waals surface area (Å²) in [4.78, 5) is 30.9. The molecule has 0 saturated carbocycles. The Balaban J connectivity index is 1.96. The predicted octanol–water partition coefficient (Wildman–Crippen LogP) is 4.11. The SMILES string of the molecule is CCCS(=O)(=O)N1[C@@H]2CCC[C@H](C)[C@H](O)[C@@H](C)C(=O)C(C)(C)[C@@H](O)CC(=O)O[C@H](C(C)=Cc3csc(C)n3)C[C@@H]21. The van der Waals surface area contributed by atoms with Crippen LogP contribution in [-0.4, -0.2) is 75.8 Å².